The van der Waals surface area contributed by atoms with Gasteiger partial charge in [-0.2, -0.15) is 0 Å². The molecule has 1 fully saturated rings. The van der Waals surface area contributed by atoms with E-state index in [4.69, 9.17) is 15.4 Å². The van der Waals surface area contributed by atoms with Crippen molar-refractivity contribution in [2.45, 2.75) is 23.8 Å². The Hall–Kier alpha value is -1.27. The maximum absolute atomic E-state index is 12.0. The van der Waals surface area contributed by atoms with Crippen LogP contribution in [-0.4, -0.2) is 26.8 Å². The van der Waals surface area contributed by atoms with Crippen LogP contribution in [0.15, 0.2) is 23.1 Å². The number of carbonyl (C=O) groups is 1. The number of hydrogen-bond acceptors (Lipinski definition) is 5. The average Bonchev–Trinajstić information content (AvgIpc) is 3.19. The second-order valence-electron chi connectivity index (χ2n) is 4.73. The van der Waals surface area contributed by atoms with Gasteiger partial charge in [0.15, 0.2) is 17.6 Å². The highest BCUT2D eigenvalue weighted by atomic mass is 35.7. The van der Waals surface area contributed by atoms with Crippen LogP contribution in [0, 0.1) is 5.92 Å². The molecule has 1 aromatic rings. The van der Waals surface area contributed by atoms with Crippen LogP contribution in [0.3, 0.4) is 0 Å². The molecule has 1 saturated carbocycles. The Morgan fingerprint density at radius 3 is 2.74 bits per heavy atom. The van der Waals surface area contributed by atoms with E-state index < -0.39 is 15.2 Å². The van der Waals surface area contributed by atoms with Crippen molar-refractivity contribution in [1.29, 1.82) is 0 Å². The molecule has 0 saturated heterocycles. The number of benzene rings is 1. The number of rotatable bonds is 3. The number of halogens is 1. The smallest absolute Gasteiger partial charge is 0.265 e. The van der Waals surface area contributed by atoms with Gasteiger partial charge in [0, 0.05) is 16.6 Å². The Labute approximate surface area is 115 Å². The van der Waals surface area contributed by atoms with Crippen LogP contribution in [0.4, 0.5) is 5.69 Å². The van der Waals surface area contributed by atoms with Crippen LogP contribution in [0.1, 0.15) is 12.8 Å². The Kier molecular flexibility index (Phi) is 2.94. The monoisotopic (exact) mass is 301 g/mol. The summed E-state index contributed by atoms with van der Waals surface area (Å²) in [6.45, 7) is 0.355. The first-order valence-corrected chi connectivity index (χ1v) is 8.29. The summed E-state index contributed by atoms with van der Waals surface area (Å²) in [4.78, 5) is 11.9. The van der Waals surface area contributed by atoms with Gasteiger partial charge in [-0.25, -0.2) is 8.42 Å². The van der Waals surface area contributed by atoms with Crippen LogP contribution < -0.4 is 10.1 Å². The Bertz CT molecular complexity index is 639. The lowest BCUT2D eigenvalue weighted by Crippen LogP contribution is -2.39. The van der Waals surface area contributed by atoms with Crippen molar-refractivity contribution in [3.8, 4) is 5.75 Å². The molecule has 1 unspecified atom stereocenters. The fourth-order valence-electron chi connectivity index (χ4n) is 2.14. The summed E-state index contributed by atoms with van der Waals surface area (Å²) in [5.74, 6) is 0.232. The van der Waals surface area contributed by atoms with E-state index in [0.717, 1.165) is 12.8 Å². The molecular formula is C12H12ClNO4S. The van der Waals surface area contributed by atoms with Gasteiger partial charge in [0.2, 0.25) is 0 Å². The van der Waals surface area contributed by atoms with E-state index in [1.54, 1.807) is 12.1 Å². The van der Waals surface area contributed by atoms with Crippen LogP contribution in [0.5, 0.6) is 5.75 Å². The van der Waals surface area contributed by atoms with E-state index in [9.17, 15) is 13.2 Å². The third-order valence-corrected chi connectivity index (χ3v) is 4.62. The molecule has 0 radical (unpaired) electrons. The van der Waals surface area contributed by atoms with Gasteiger partial charge in [0.1, 0.15) is 4.90 Å². The molecule has 2 aliphatic rings. The second kappa shape index (κ2) is 4.38. The first-order chi connectivity index (χ1) is 8.97. The van der Waals surface area contributed by atoms with Crippen LogP contribution in [0.2, 0.25) is 0 Å². The number of anilines is 1. The molecule has 3 rings (SSSR count). The highest BCUT2D eigenvalue weighted by Crippen LogP contribution is 2.39. The summed E-state index contributed by atoms with van der Waals surface area (Å²) in [7, 11) is 1.48. The Morgan fingerprint density at radius 2 is 2.11 bits per heavy atom. The van der Waals surface area contributed by atoms with Crippen molar-refractivity contribution in [3.05, 3.63) is 18.2 Å². The summed E-state index contributed by atoms with van der Waals surface area (Å²) < 4.78 is 28.6. The number of carbonyl (C=O) groups excluding carboxylic acids is 1. The molecule has 0 aromatic heterocycles. The number of ether oxygens (including phenoxy) is 1. The first-order valence-electron chi connectivity index (χ1n) is 5.99. The maximum Gasteiger partial charge on any atom is 0.265 e. The Morgan fingerprint density at radius 1 is 1.37 bits per heavy atom. The normalized spacial score (nSPS) is 22.1. The number of hydrogen-bond donors (Lipinski definition) is 1. The molecule has 1 atom stereocenters. The molecule has 0 bridgehead atoms. The summed E-state index contributed by atoms with van der Waals surface area (Å²) in [6, 6.07) is 4.64. The van der Waals surface area contributed by atoms with Crippen molar-refractivity contribution in [2.75, 3.05) is 11.9 Å². The summed E-state index contributed by atoms with van der Waals surface area (Å²) >= 11 is 0. The first kappa shape index (κ1) is 12.7. The van der Waals surface area contributed by atoms with Crippen molar-refractivity contribution >= 4 is 31.2 Å². The standard InChI is InChI=1S/C12H12ClNO4S/c13-19(16,17)10-3-1-2-8-12(10)18-9(6-14-8)11(15)7-4-5-7/h1-3,7,9,14H,4-6H2. The summed E-state index contributed by atoms with van der Waals surface area (Å²) in [5.41, 5.74) is 0.543. The minimum Gasteiger partial charge on any atom is -0.477 e. The van der Waals surface area contributed by atoms with E-state index in [1.807, 2.05) is 0 Å². The van der Waals surface area contributed by atoms with Gasteiger partial charge in [-0.15, -0.1) is 0 Å². The maximum atomic E-state index is 12.0. The van der Waals surface area contributed by atoms with E-state index in [2.05, 4.69) is 5.32 Å². The molecule has 1 heterocycles. The number of para-hydroxylation sites is 1. The molecule has 7 heteroatoms. The minimum atomic E-state index is -3.90. The van der Waals surface area contributed by atoms with Crippen molar-refractivity contribution in [3.63, 3.8) is 0 Å². The van der Waals surface area contributed by atoms with E-state index in [1.165, 1.54) is 6.07 Å². The number of nitrogens with one attached hydrogen (secondary N) is 1. The van der Waals surface area contributed by atoms with Crippen LogP contribution in [0.25, 0.3) is 0 Å². The molecule has 1 aromatic carbocycles. The number of fused-ring (bicyclic) bond motifs is 1. The molecule has 1 aliphatic carbocycles. The van der Waals surface area contributed by atoms with Crippen LogP contribution in [-0.2, 0) is 13.8 Å². The molecule has 0 spiro atoms. The van der Waals surface area contributed by atoms with E-state index in [-0.39, 0.29) is 22.3 Å². The summed E-state index contributed by atoms with van der Waals surface area (Å²) in [6.07, 6.45) is 1.14. The second-order valence-corrected chi connectivity index (χ2v) is 7.27. The fourth-order valence-corrected chi connectivity index (χ4v) is 3.13. The molecule has 5 nitrogen and oxygen atoms in total. The topological polar surface area (TPSA) is 72.5 Å². The van der Waals surface area contributed by atoms with E-state index in [0.29, 0.717) is 12.2 Å². The zero-order chi connectivity index (χ0) is 13.6. The molecule has 1 N–H and O–H groups in total. The number of ketones is 1. The van der Waals surface area contributed by atoms with E-state index >= 15 is 0 Å². The third-order valence-electron chi connectivity index (χ3n) is 3.28. The molecule has 1 aliphatic heterocycles. The lowest BCUT2D eigenvalue weighted by Gasteiger charge is -2.27. The van der Waals surface area contributed by atoms with Crippen LogP contribution >= 0.6 is 10.7 Å². The zero-order valence-corrected chi connectivity index (χ0v) is 11.5. The average molecular weight is 302 g/mol. The molecule has 19 heavy (non-hydrogen) atoms. The van der Waals surface area contributed by atoms with Crippen molar-refractivity contribution < 1.29 is 17.9 Å². The Balaban J connectivity index is 1.96. The number of Topliss-reactive ketones (excluding diaryl/α,β-unsaturated/α-hetero) is 1. The van der Waals surface area contributed by atoms with Gasteiger partial charge >= 0.3 is 0 Å². The summed E-state index contributed by atoms with van der Waals surface area (Å²) in [5, 5.41) is 3.02. The highest BCUT2D eigenvalue weighted by Gasteiger charge is 2.38. The van der Waals surface area contributed by atoms with Gasteiger partial charge in [0.05, 0.1) is 12.2 Å². The van der Waals surface area contributed by atoms with Crippen molar-refractivity contribution in [1.82, 2.24) is 0 Å². The lowest BCUT2D eigenvalue weighted by molar-refractivity contribution is -0.126. The SMILES string of the molecule is O=C(C1CC1)C1CNc2cccc(S(=O)(=O)Cl)c2O1. The highest BCUT2D eigenvalue weighted by molar-refractivity contribution is 8.13. The largest absolute Gasteiger partial charge is 0.477 e. The van der Waals surface area contributed by atoms with Gasteiger partial charge in [-0.1, -0.05) is 6.07 Å². The quantitative estimate of drug-likeness (QED) is 0.861. The predicted molar refractivity (Wildman–Crippen MR) is 70.1 cm³/mol. The van der Waals surface area contributed by atoms with Gasteiger partial charge < -0.3 is 10.1 Å². The van der Waals surface area contributed by atoms with Gasteiger partial charge in [0.25, 0.3) is 9.05 Å². The third kappa shape index (κ3) is 2.42. The molecule has 102 valence electrons. The lowest BCUT2D eigenvalue weighted by atomic mass is 10.1. The minimum absolute atomic E-state index is 0.0277. The zero-order valence-electron chi connectivity index (χ0n) is 9.93. The fraction of sp³-hybridized carbons (Fsp3) is 0.417. The molecule has 0 amide bonds. The van der Waals surface area contributed by atoms with Crippen molar-refractivity contribution in [2.24, 2.45) is 5.92 Å². The predicted octanol–water partition coefficient (Wildman–Crippen LogP) is 1.77. The van der Waals surface area contributed by atoms with Gasteiger partial charge in [-0.05, 0) is 25.0 Å². The van der Waals surface area contributed by atoms with Gasteiger partial charge in [-0.3, -0.25) is 4.79 Å². The molecular weight excluding hydrogens is 290 g/mol.